The SMILES string of the molecule is CSCCC(NC(=O)c1ccc(COCCc2ccco2)cc1-c1ccccc1C)C(=O)O.[LiH]. The van der Waals surface area contributed by atoms with Crippen LogP contribution in [0.3, 0.4) is 0 Å². The van der Waals surface area contributed by atoms with Gasteiger partial charge in [0.05, 0.1) is 19.5 Å². The van der Waals surface area contributed by atoms with Gasteiger partial charge in [0, 0.05) is 12.0 Å². The Morgan fingerprint density at radius 1 is 1.12 bits per heavy atom. The van der Waals surface area contributed by atoms with Crippen molar-refractivity contribution in [2.75, 3.05) is 18.6 Å². The summed E-state index contributed by atoms with van der Waals surface area (Å²) in [5, 5.41) is 12.2. The Hall–Kier alpha value is -2.43. The fourth-order valence-electron chi connectivity index (χ4n) is 3.52. The molecule has 0 aliphatic carbocycles. The number of carboxylic acid groups (broad SMARTS) is 1. The van der Waals surface area contributed by atoms with Gasteiger partial charge in [-0.05, 0) is 71.9 Å². The monoisotopic (exact) mass is 475 g/mol. The fourth-order valence-corrected chi connectivity index (χ4v) is 4.00. The number of benzene rings is 2. The van der Waals surface area contributed by atoms with E-state index in [1.807, 2.05) is 61.7 Å². The molecule has 0 aliphatic rings. The maximum atomic E-state index is 13.1. The molecule has 8 heteroatoms. The summed E-state index contributed by atoms with van der Waals surface area (Å²) >= 11 is 1.55. The molecule has 6 nitrogen and oxygen atoms in total. The van der Waals surface area contributed by atoms with Crippen LogP contribution in [0.5, 0.6) is 0 Å². The quantitative estimate of drug-likeness (QED) is 0.300. The van der Waals surface area contributed by atoms with Crippen molar-refractivity contribution in [3.8, 4) is 11.1 Å². The Kier molecular flexibility index (Phi) is 11.5. The molecule has 0 aliphatic heterocycles. The topological polar surface area (TPSA) is 88.8 Å². The van der Waals surface area contributed by atoms with Crippen molar-refractivity contribution in [2.45, 2.75) is 32.4 Å². The van der Waals surface area contributed by atoms with Crippen molar-refractivity contribution in [3.63, 3.8) is 0 Å². The van der Waals surface area contributed by atoms with Crippen LogP contribution in [0, 0.1) is 6.92 Å². The zero-order valence-electron chi connectivity index (χ0n) is 18.9. The van der Waals surface area contributed by atoms with E-state index in [4.69, 9.17) is 9.15 Å². The number of rotatable bonds is 12. The molecule has 2 N–H and O–H groups in total. The van der Waals surface area contributed by atoms with E-state index >= 15 is 0 Å². The molecule has 3 rings (SSSR count). The molecule has 1 aromatic heterocycles. The summed E-state index contributed by atoms with van der Waals surface area (Å²) in [6.45, 7) is 2.90. The summed E-state index contributed by atoms with van der Waals surface area (Å²) in [7, 11) is 0. The number of carbonyl (C=O) groups is 2. The van der Waals surface area contributed by atoms with E-state index in [1.165, 1.54) is 0 Å². The first-order valence-corrected chi connectivity index (χ1v) is 12.2. The fraction of sp³-hybridized carbons (Fsp3) is 0.308. The van der Waals surface area contributed by atoms with E-state index in [0.717, 1.165) is 28.0 Å². The van der Waals surface area contributed by atoms with Crippen LogP contribution in [-0.2, 0) is 22.6 Å². The Labute approximate surface area is 216 Å². The summed E-state index contributed by atoms with van der Waals surface area (Å²) in [5.41, 5.74) is 4.09. The van der Waals surface area contributed by atoms with Crippen LogP contribution in [0.15, 0.2) is 65.3 Å². The second-order valence-corrected chi connectivity index (χ2v) is 8.71. The van der Waals surface area contributed by atoms with Crippen molar-refractivity contribution >= 4 is 42.5 Å². The minimum absolute atomic E-state index is 0. The average molecular weight is 476 g/mol. The van der Waals surface area contributed by atoms with Gasteiger partial charge in [0.2, 0.25) is 0 Å². The van der Waals surface area contributed by atoms with E-state index < -0.39 is 17.9 Å². The molecule has 0 bridgehead atoms. The molecule has 2 aromatic carbocycles. The molecule has 0 saturated carbocycles. The molecule has 1 unspecified atom stereocenters. The Morgan fingerprint density at radius 2 is 1.91 bits per heavy atom. The minimum atomic E-state index is -1.03. The summed E-state index contributed by atoms with van der Waals surface area (Å²) in [5.74, 6) is 0.0939. The van der Waals surface area contributed by atoms with Gasteiger partial charge in [-0.1, -0.05) is 30.3 Å². The number of aliphatic carboxylic acids is 1. The molecule has 0 fully saturated rings. The number of carboxylic acids is 1. The molecular formula is C26H30LiNO5S. The number of aryl methyl sites for hydroxylation is 1. The van der Waals surface area contributed by atoms with Gasteiger partial charge in [-0.25, -0.2) is 4.79 Å². The molecule has 0 radical (unpaired) electrons. The summed E-state index contributed by atoms with van der Waals surface area (Å²) < 4.78 is 11.1. The third-order valence-corrected chi connectivity index (χ3v) is 5.96. The molecular weight excluding hydrogens is 445 g/mol. The van der Waals surface area contributed by atoms with E-state index in [1.54, 1.807) is 24.1 Å². The van der Waals surface area contributed by atoms with Gasteiger partial charge in [0.25, 0.3) is 5.91 Å². The summed E-state index contributed by atoms with van der Waals surface area (Å²) in [6.07, 6.45) is 4.60. The number of amides is 1. The first-order chi connectivity index (χ1) is 16.0. The molecule has 1 atom stereocenters. The molecule has 176 valence electrons. The standard InChI is InChI=1S/C26H29NO5S.Li.H/c1-18-6-3-4-8-21(18)23-16-19(17-31-14-11-20-7-5-13-32-20)9-10-22(23)25(28)27-24(26(29)30)12-15-33-2;;/h3-10,13,16,24H,11-12,14-15,17H2,1-2H3,(H,27,28)(H,29,30);;. The van der Waals surface area contributed by atoms with Crippen molar-refractivity contribution in [1.82, 2.24) is 5.32 Å². The first-order valence-electron chi connectivity index (χ1n) is 10.8. The number of carbonyl (C=O) groups excluding carboxylic acids is 1. The molecule has 0 saturated heterocycles. The van der Waals surface area contributed by atoms with Crippen LogP contribution >= 0.6 is 11.8 Å². The average Bonchev–Trinajstić information content (AvgIpc) is 3.33. The normalized spacial score (nSPS) is 11.5. The maximum absolute atomic E-state index is 13.1. The van der Waals surface area contributed by atoms with Crippen molar-refractivity contribution in [1.29, 1.82) is 0 Å². The van der Waals surface area contributed by atoms with Crippen LogP contribution in [0.2, 0.25) is 0 Å². The van der Waals surface area contributed by atoms with Crippen molar-refractivity contribution < 1.29 is 23.8 Å². The number of hydrogen-bond acceptors (Lipinski definition) is 5. The number of thioether (sulfide) groups is 1. The van der Waals surface area contributed by atoms with Crippen LogP contribution < -0.4 is 5.32 Å². The third kappa shape index (κ3) is 7.81. The zero-order valence-corrected chi connectivity index (χ0v) is 19.7. The summed E-state index contributed by atoms with van der Waals surface area (Å²) in [6, 6.07) is 16.2. The van der Waals surface area contributed by atoms with Crippen LogP contribution in [0.4, 0.5) is 0 Å². The van der Waals surface area contributed by atoms with Crippen LogP contribution in [-0.4, -0.2) is 60.5 Å². The molecule has 3 aromatic rings. The van der Waals surface area contributed by atoms with Gasteiger partial charge in [-0.3, -0.25) is 4.79 Å². The Bertz CT molecular complexity index is 1070. The number of furan rings is 1. The Morgan fingerprint density at radius 3 is 2.59 bits per heavy atom. The van der Waals surface area contributed by atoms with Gasteiger partial charge >= 0.3 is 24.8 Å². The molecule has 1 heterocycles. The van der Waals surface area contributed by atoms with Crippen molar-refractivity contribution in [2.24, 2.45) is 0 Å². The van der Waals surface area contributed by atoms with Gasteiger partial charge in [-0.2, -0.15) is 11.8 Å². The molecule has 0 spiro atoms. The second kappa shape index (κ2) is 14.1. The predicted molar refractivity (Wildman–Crippen MR) is 138 cm³/mol. The van der Waals surface area contributed by atoms with Gasteiger partial charge in [0.1, 0.15) is 11.8 Å². The van der Waals surface area contributed by atoms with Gasteiger partial charge in [-0.15, -0.1) is 0 Å². The number of nitrogens with one attached hydrogen (secondary N) is 1. The van der Waals surface area contributed by atoms with E-state index in [9.17, 15) is 14.7 Å². The second-order valence-electron chi connectivity index (χ2n) is 7.72. The predicted octanol–water partition coefficient (Wildman–Crippen LogP) is 4.30. The van der Waals surface area contributed by atoms with E-state index in [-0.39, 0.29) is 18.9 Å². The van der Waals surface area contributed by atoms with Gasteiger partial charge < -0.3 is 19.6 Å². The molecule has 1 amide bonds. The van der Waals surface area contributed by atoms with Crippen LogP contribution in [0.25, 0.3) is 11.1 Å². The van der Waals surface area contributed by atoms with E-state index in [2.05, 4.69) is 5.32 Å². The first kappa shape index (κ1) is 27.8. The van der Waals surface area contributed by atoms with Crippen LogP contribution in [0.1, 0.15) is 33.7 Å². The van der Waals surface area contributed by atoms with E-state index in [0.29, 0.717) is 37.4 Å². The molecule has 34 heavy (non-hydrogen) atoms. The Balaban J connectivity index is 0.00000408. The summed E-state index contributed by atoms with van der Waals surface area (Å²) in [4.78, 5) is 24.7. The van der Waals surface area contributed by atoms with Crippen molar-refractivity contribution in [3.05, 3.63) is 83.3 Å². The number of ether oxygens (including phenoxy) is 1. The zero-order chi connectivity index (χ0) is 23.6. The van der Waals surface area contributed by atoms with Gasteiger partial charge in [0.15, 0.2) is 0 Å². The number of hydrogen-bond donors (Lipinski definition) is 2. The third-order valence-electron chi connectivity index (χ3n) is 5.32.